The van der Waals surface area contributed by atoms with E-state index >= 15 is 0 Å². The van der Waals surface area contributed by atoms with Crippen LogP contribution in [0.25, 0.3) is 0 Å². The summed E-state index contributed by atoms with van der Waals surface area (Å²) in [5.74, 6) is 7.57. The van der Waals surface area contributed by atoms with Crippen LogP contribution >= 0.6 is 11.3 Å². The van der Waals surface area contributed by atoms with Crippen LogP contribution in [0.1, 0.15) is 22.0 Å². The fourth-order valence-corrected chi connectivity index (χ4v) is 3.32. The fourth-order valence-electron chi connectivity index (χ4n) is 2.39. The normalized spacial score (nSPS) is 14.8. The first-order chi connectivity index (χ1) is 9.33. The number of ether oxygens (including phenoxy) is 2. The quantitative estimate of drug-likeness (QED) is 0.664. The Morgan fingerprint density at radius 2 is 2.37 bits per heavy atom. The lowest BCUT2D eigenvalue weighted by molar-refractivity contribution is 0.350. The van der Waals surface area contributed by atoms with Crippen LogP contribution < -0.4 is 20.7 Å². The van der Waals surface area contributed by atoms with Crippen molar-refractivity contribution < 1.29 is 9.47 Å². The van der Waals surface area contributed by atoms with Crippen molar-refractivity contribution >= 4 is 11.3 Å². The van der Waals surface area contributed by atoms with Crippen LogP contribution in [0.3, 0.4) is 0 Å². The van der Waals surface area contributed by atoms with Crippen molar-refractivity contribution in [3.8, 4) is 11.5 Å². The van der Waals surface area contributed by atoms with Crippen molar-refractivity contribution in [2.45, 2.75) is 12.5 Å². The fraction of sp³-hybridized carbons (Fsp3) is 0.286. The predicted octanol–water partition coefficient (Wildman–Crippen LogP) is 2.24. The van der Waals surface area contributed by atoms with Crippen molar-refractivity contribution in [2.75, 3.05) is 13.7 Å². The van der Waals surface area contributed by atoms with Gasteiger partial charge in [-0.2, -0.15) is 0 Å². The molecule has 0 radical (unpaired) electrons. The molecule has 3 N–H and O–H groups in total. The van der Waals surface area contributed by atoms with Gasteiger partial charge in [0.2, 0.25) is 0 Å². The molecule has 4 nitrogen and oxygen atoms in total. The molecule has 1 unspecified atom stereocenters. The zero-order valence-electron chi connectivity index (χ0n) is 10.7. The molecule has 0 aliphatic carbocycles. The molecule has 0 bridgehead atoms. The van der Waals surface area contributed by atoms with E-state index < -0.39 is 0 Å². The summed E-state index contributed by atoms with van der Waals surface area (Å²) in [6.45, 7) is 0.747. The zero-order chi connectivity index (χ0) is 13.2. The number of thiophene rings is 1. The maximum Gasteiger partial charge on any atom is 0.129 e. The second-order valence-electron chi connectivity index (χ2n) is 4.42. The van der Waals surface area contributed by atoms with E-state index in [1.807, 2.05) is 11.4 Å². The van der Waals surface area contributed by atoms with E-state index in [9.17, 15) is 0 Å². The lowest BCUT2D eigenvalue weighted by Gasteiger charge is -2.17. The van der Waals surface area contributed by atoms with Crippen LogP contribution in [-0.2, 0) is 6.42 Å². The van der Waals surface area contributed by atoms with Gasteiger partial charge in [-0.05, 0) is 11.6 Å². The number of nitrogens with one attached hydrogen (secondary N) is 1. The highest BCUT2D eigenvalue weighted by Gasteiger charge is 2.23. The van der Waals surface area contributed by atoms with Gasteiger partial charge in [0.15, 0.2) is 0 Å². The minimum absolute atomic E-state index is 0.0676. The van der Waals surface area contributed by atoms with E-state index in [0.29, 0.717) is 0 Å². The molecule has 0 spiro atoms. The highest BCUT2D eigenvalue weighted by Crippen LogP contribution is 2.38. The molecule has 100 valence electrons. The molecule has 1 aliphatic rings. The third-order valence-electron chi connectivity index (χ3n) is 3.34. The number of methoxy groups -OCH3 is 1. The molecule has 2 heterocycles. The minimum Gasteiger partial charge on any atom is -0.496 e. The molecule has 1 aliphatic heterocycles. The van der Waals surface area contributed by atoms with E-state index in [4.69, 9.17) is 15.3 Å². The number of rotatable bonds is 4. The number of hydrogen-bond acceptors (Lipinski definition) is 5. The Bertz CT molecular complexity index is 583. The maximum absolute atomic E-state index is 5.74. The third-order valence-corrected chi connectivity index (χ3v) is 4.31. The van der Waals surface area contributed by atoms with Gasteiger partial charge in [-0.25, -0.2) is 5.43 Å². The minimum atomic E-state index is -0.0676. The van der Waals surface area contributed by atoms with E-state index in [-0.39, 0.29) is 6.04 Å². The molecule has 3 rings (SSSR count). The van der Waals surface area contributed by atoms with Crippen LogP contribution in [0.15, 0.2) is 29.6 Å². The highest BCUT2D eigenvalue weighted by atomic mass is 32.1. The van der Waals surface area contributed by atoms with Gasteiger partial charge < -0.3 is 9.47 Å². The lowest BCUT2D eigenvalue weighted by atomic mass is 10.0. The number of nitrogens with two attached hydrogens (primary N) is 1. The van der Waals surface area contributed by atoms with Gasteiger partial charge in [0.05, 0.1) is 19.8 Å². The summed E-state index contributed by atoms with van der Waals surface area (Å²) in [7, 11) is 1.67. The first-order valence-corrected chi connectivity index (χ1v) is 7.04. The number of hydrogen-bond donors (Lipinski definition) is 2. The average molecular weight is 276 g/mol. The van der Waals surface area contributed by atoms with Crippen LogP contribution in [0, 0.1) is 0 Å². The Morgan fingerprint density at radius 3 is 3.11 bits per heavy atom. The van der Waals surface area contributed by atoms with Crippen molar-refractivity contribution in [1.29, 1.82) is 0 Å². The van der Waals surface area contributed by atoms with Crippen molar-refractivity contribution in [3.63, 3.8) is 0 Å². The second-order valence-corrected chi connectivity index (χ2v) is 5.37. The van der Waals surface area contributed by atoms with E-state index in [0.717, 1.165) is 35.0 Å². The molecule has 1 aromatic heterocycles. The second kappa shape index (κ2) is 5.21. The summed E-state index contributed by atoms with van der Waals surface area (Å²) in [5.41, 5.74) is 5.21. The van der Waals surface area contributed by atoms with Crippen LogP contribution in [-0.4, -0.2) is 13.7 Å². The largest absolute Gasteiger partial charge is 0.496 e. The predicted molar refractivity (Wildman–Crippen MR) is 75.7 cm³/mol. The highest BCUT2D eigenvalue weighted by molar-refractivity contribution is 7.10. The first kappa shape index (κ1) is 12.5. The molecule has 2 aromatic rings. The maximum atomic E-state index is 5.74. The Balaban J connectivity index is 2.01. The number of hydrazine groups is 1. The lowest BCUT2D eigenvalue weighted by Crippen LogP contribution is -2.28. The van der Waals surface area contributed by atoms with Crippen molar-refractivity contribution in [2.24, 2.45) is 5.84 Å². The smallest absolute Gasteiger partial charge is 0.129 e. The Labute approximate surface area is 116 Å². The molecular weight excluding hydrogens is 260 g/mol. The monoisotopic (exact) mass is 276 g/mol. The summed E-state index contributed by atoms with van der Waals surface area (Å²) < 4.78 is 11.0. The number of benzene rings is 1. The Morgan fingerprint density at radius 1 is 1.47 bits per heavy atom. The van der Waals surface area contributed by atoms with Gasteiger partial charge in [0.1, 0.15) is 11.5 Å². The van der Waals surface area contributed by atoms with Crippen molar-refractivity contribution in [3.05, 3.63) is 45.6 Å². The third kappa shape index (κ3) is 2.20. The standard InChI is InChI=1S/C14H16N2O2S/c1-17-10-7-12(19-8-10)13(16-15)11-4-2-3-9-5-6-18-14(9)11/h2-4,7-8,13,16H,5-6,15H2,1H3. The molecule has 1 atom stereocenters. The molecule has 0 amide bonds. The topological polar surface area (TPSA) is 56.5 Å². The van der Waals surface area contributed by atoms with Gasteiger partial charge in [-0.15, -0.1) is 11.3 Å². The summed E-state index contributed by atoms with van der Waals surface area (Å²) in [6.07, 6.45) is 0.966. The number of fused-ring (bicyclic) bond motifs is 1. The van der Waals surface area contributed by atoms with Gasteiger partial charge in [0.25, 0.3) is 0 Å². The summed E-state index contributed by atoms with van der Waals surface area (Å²) >= 11 is 1.62. The molecular formula is C14H16N2O2S. The van der Waals surface area contributed by atoms with Gasteiger partial charge in [0, 0.05) is 22.2 Å². The molecule has 0 fully saturated rings. The number of para-hydroxylation sites is 1. The molecule has 0 saturated heterocycles. The summed E-state index contributed by atoms with van der Waals surface area (Å²) in [6, 6.07) is 8.15. The van der Waals surface area contributed by atoms with E-state index in [1.54, 1.807) is 18.4 Å². The van der Waals surface area contributed by atoms with Gasteiger partial charge in [-0.1, -0.05) is 18.2 Å². The van der Waals surface area contributed by atoms with Crippen LogP contribution in [0.4, 0.5) is 0 Å². The van der Waals surface area contributed by atoms with E-state index in [1.165, 1.54) is 5.56 Å². The van der Waals surface area contributed by atoms with Crippen LogP contribution in [0.5, 0.6) is 11.5 Å². The molecule has 5 heteroatoms. The molecule has 1 aromatic carbocycles. The zero-order valence-corrected chi connectivity index (χ0v) is 11.5. The van der Waals surface area contributed by atoms with Gasteiger partial charge in [-0.3, -0.25) is 5.84 Å². The molecule has 19 heavy (non-hydrogen) atoms. The van der Waals surface area contributed by atoms with E-state index in [2.05, 4.69) is 23.6 Å². The Hall–Kier alpha value is -1.56. The van der Waals surface area contributed by atoms with Gasteiger partial charge >= 0.3 is 0 Å². The average Bonchev–Trinajstić information content (AvgIpc) is 3.08. The SMILES string of the molecule is COc1csc(C(NN)c2cccc3c2OCC3)c1. The summed E-state index contributed by atoms with van der Waals surface area (Å²) in [4.78, 5) is 1.11. The first-order valence-electron chi connectivity index (χ1n) is 6.16. The van der Waals surface area contributed by atoms with Crippen molar-refractivity contribution in [1.82, 2.24) is 5.43 Å². The Kier molecular flexibility index (Phi) is 3.42. The molecule has 0 saturated carbocycles. The van der Waals surface area contributed by atoms with Crippen LogP contribution in [0.2, 0.25) is 0 Å². The summed E-state index contributed by atoms with van der Waals surface area (Å²) in [5, 5.41) is 1.98.